The molecule has 4 aromatic rings. The molecule has 6 nitrogen and oxygen atoms in total. The van der Waals surface area contributed by atoms with Gasteiger partial charge in [0.1, 0.15) is 11.1 Å². The summed E-state index contributed by atoms with van der Waals surface area (Å²) in [5.41, 5.74) is 4.39. The molecule has 0 aliphatic rings. The highest BCUT2D eigenvalue weighted by atomic mass is 32.2. The van der Waals surface area contributed by atoms with E-state index in [2.05, 4.69) is 11.4 Å². The van der Waals surface area contributed by atoms with Crippen LogP contribution < -0.4 is 14.8 Å². The van der Waals surface area contributed by atoms with Crippen LogP contribution in [0.3, 0.4) is 0 Å². The summed E-state index contributed by atoms with van der Waals surface area (Å²) in [5.74, 6) is 0.987. The molecule has 7 heteroatoms. The lowest BCUT2D eigenvalue weighted by Gasteiger charge is -2.21. The SMILES string of the molecule is CC[C@@H](Sc1nc(-c2ccccc2)cc(-c2cccc(OC)c2OC)c1C#N)C(=O)N[C@H](C)c1ccccc1. The summed E-state index contributed by atoms with van der Waals surface area (Å²) in [4.78, 5) is 18.3. The van der Waals surface area contributed by atoms with Crippen LogP contribution in [0.2, 0.25) is 0 Å². The second-order valence-corrected chi connectivity index (χ2v) is 10.1. The predicted molar refractivity (Wildman–Crippen MR) is 156 cm³/mol. The summed E-state index contributed by atoms with van der Waals surface area (Å²) in [7, 11) is 3.16. The third kappa shape index (κ3) is 6.24. The van der Waals surface area contributed by atoms with Crippen LogP contribution in [-0.4, -0.2) is 30.4 Å². The van der Waals surface area contributed by atoms with Gasteiger partial charge in [-0.3, -0.25) is 4.79 Å². The van der Waals surface area contributed by atoms with E-state index in [0.29, 0.717) is 45.3 Å². The van der Waals surface area contributed by atoms with Crippen molar-refractivity contribution in [3.63, 3.8) is 0 Å². The lowest BCUT2D eigenvalue weighted by atomic mass is 9.98. The molecule has 0 radical (unpaired) electrons. The van der Waals surface area contributed by atoms with Crippen LogP contribution in [0, 0.1) is 11.3 Å². The maximum absolute atomic E-state index is 13.4. The number of carbonyl (C=O) groups is 1. The minimum atomic E-state index is -0.443. The largest absolute Gasteiger partial charge is 0.493 e. The van der Waals surface area contributed by atoms with E-state index in [-0.39, 0.29) is 11.9 Å². The van der Waals surface area contributed by atoms with Crippen LogP contribution in [0.1, 0.15) is 37.4 Å². The zero-order valence-corrected chi connectivity index (χ0v) is 23.3. The van der Waals surface area contributed by atoms with Gasteiger partial charge in [-0.2, -0.15) is 5.26 Å². The van der Waals surface area contributed by atoms with Crippen molar-refractivity contribution in [2.75, 3.05) is 14.2 Å². The average molecular weight is 538 g/mol. The van der Waals surface area contributed by atoms with E-state index in [1.807, 2.05) is 98.8 Å². The number of para-hydroxylation sites is 1. The lowest BCUT2D eigenvalue weighted by Crippen LogP contribution is -2.34. The number of hydrogen-bond donors (Lipinski definition) is 1. The molecule has 39 heavy (non-hydrogen) atoms. The molecule has 198 valence electrons. The maximum Gasteiger partial charge on any atom is 0.234 e. The van der Waals surface area contributed by atoms with Crippen molar-refractivity contribution in [2.45, 2.75) is 36.6 Å². The molecule has 0 spiro atoms. The zero-order valence-electron chi connectivity index (χ0n) is 22.5. The number of rotatable bonds is 10. The van der Waals surface area contributed by atoms with Crippen LogP contribution >= 0.6 is 11.8 Å². The highest BCUT2D eigenvalue weighted by Gasteiger charge is 2.26. The van der Waals surface area contributed by atoms with E-state index in [0.717, 1.165) is 11.1 Å². The summed E-state index contributed by atoms with van der Waals surface area (Å²) >= 11 is 1.31. The zero-order chi connectivity index (χ0) is 27.8. The third-order valence-corrected chi connectivity index (χ3v) is 7.79. The Morgan fingerprint density at radius 3 is 2.28 bits per heavy atom. The summed E-state index contributed by atoms with van der Waals surface area (Å²) in [5, 5.41) is 13.5. The molecule has 0 unspecified atom stereocenters. The Balaban J connectivity index is 1.79. The van der Waals surface area contributed by atoms with E-state index in [1.165, 1.54) is 11.8 Å². The van der Waals surface area contributed by atoms with E-state index in [9.17, 15) is 10.1 Å². The summed E-state index contributed by atoms with van der Waals surface area (Å²) in [6.45, 7) is 3.93. The fraction of sp³-hybridized carbons (Fsp3) is 0.219. The van der Waals surface area contributed by atoms with E-state index >= 15 is 0 Å². The van der Waals surface area contributed by atoms with Crippen LogP contribution in [0.4, 0.5) is 0 Å². The average Bonchev–Trinajstić information content (AvgIpc) is 2.99. The van der Waals surface area contributed by atoms with E-state index in [1.54, 1.807) is 14.2 Å². The number of carbonyl (C=O) groups excluding carboxylic acids is 1. The molecule has 2 atom stereocenters. The number of nitrogens with zero attached hydrogens (tertiary/aromatic N) is 2. The lowest BCUT2D eigenvalue weighted by molar-refractivity contribution is -0.121. The number of benzene rings is 3. The van der Waals surface area contributed by atoms with Gasteiger partial charge in [-0.25, -0.2) is 4.98 Å². The van der Waals surface area contributed by atoms with E-state index in [4.69, 9.17) is 14.5 Å². The Bertz CT molecular complexity index is 1470. The second kappa shape index (κ2) is 13.0. The van der Waals surface area contributed by atoms with Gasteiger partial charge in [0.2, 0.25) is 5.91 Å². The minimum absolute atomic E-state index is 0.102. The standard InChI is InChI=1S/C32H31N3O3S/c1-5-29(31(36)34-21(2)22-13-8-6-9-14-22)39-32-26(20-33)25(19-27(35-32)23-15-10-7-11-16-23)24-17-12-18-28(37-3)30(24)38-4/h6-19,21,29H,5H2,1-4H3,(H,34,36)/t21-,29-/m1/s1. The Morgan fingerprint density at radius 1 is 0.974 bits per heavy atom. The molecule has 0 fully saturated rings. The van der Waals surface area contributed by atoms with Crippen molar-refractivity contribution in [1.29, 1.82) is 5.26 Å². The number of ether oxygens (including phenoxy) is 2. The molecule has 0 aliphatic carbocycles. The number of aromatic nitrogens is 1. The number of hydrogen-bond acceptors (Lipinski definition) is 6. The first kappa shape index (κ1) is 27.7. The summed E-state index contributed by atoms with van der Waals surface area (Å²) in [6.07, 6.45) is 0.567. The van der Waals surface area contributed by atoms with Crippen molar-refractivity contribution in [3.8, 4) is 40.0 Å². The Morgan fingerprint density at radius 2 is 1.67 bits per heavy atom. The quantitative estimate of drug-likeness (QED) is 0.218. The first-order chi connectivity index (χ1) is 19.0. The predicted octanol–water partition coefficient (Wildman–Crippen LogP) is 7.05. The fourth-order valence-electron chi connectivity index (χ4n) is 4.37. The highest BCUT2D eigenvalue weighted by molar-refractivity contribution is 8.00. The second-order valence-electron chi connectivity index (χ2n) is 8.91. The Labute approximate surface area is 234 Å². The van der Waals surface area contributed by atoms with Crippen molar-refractivity contribution >= 4 is 17.7 Å². The molecular formula is C32H31N3O3S. The first-order valence-electron chi connectivity index (χ1n) is 12.7. The number of methoxy groups -OCH3 is 2. The minimum Gasteiger partial charge on any atom is -0.493 e. The smallest absolute Gasteiger partial charge is 0.234 e. The molecule has 0 saturated carbocycles. The van der Waals surface area contributed by atoms with Gasteiger partial charge in [0.05, 0.1) is 36.8 Å². The van der Waals surface area contributed by atoms with Gasteiger partial charge in [-0.05, 0) is 31.0 Å². The summed E-state index contributed by atoms with van der Waals surface area (Å²) < 4.78 is 11.2. The summed E-state index contributed by atoms with van der Waals surface area (Å²) in [6, 6.07) is 29.3. The number of amides is 1. The van der Waals surface area contributed by atoms with Gasteiger partial charge in [0, 0.05) is 16.7 Å². The fourth-order valence-corrected chi connectivity index (χ4v) is 5.41. The Hall–Kier alpha value is -4.28. The molecule has 0 bridgehead atoms. The number of nitriles is 1. The molecular weight excluding hydrogens is 506 g/mol. The number of thioether (sulfide) groups is 1. The topological polar surface area (TPSA) is 84.2 Å². The molecule has 1 N–H and O–H groups in total. The van der Waals surface area contributed by atoms with Crippen molar-refractivity contribution in [3.05, 3.63) is 96.1 Å². The monoisotopic (exact) mass is 537 g/mol. The van der Waals surface area contributed by atoms with Gasteiger partial charge in [-0.15, -0.1) is 0 Å². The normalized spacial score (nSPS) is 12.2. The van der Waals surface area contributed by atoms with Crippen molar-refractivity contribution < 1.29 is 14.3 Å². The molecule has 0 saturated heterocycles. The van der Waals surface area contributed by atoms with Crippen LogP contribution in [0.5, 0.6) is 11.5 Å². The first-order valence-corrected chi connectivity index (χ1v) is 13.6. The Kier molecular flexibility index (Phi) is 9.24. The van der Waals surface area contributed by atoms with Gasteiger partial charge in [-0.1, -0.05) is 91.5 Å². The third-order valence-electron chi connectivity index (χ3n) is 6.44. The molecule has 1 aromatic heterocycles. The van der Waals surface area contributed by atoms with Gasteiger partial charge < -0.3 is 14.8 Å². The number of nitrogens with one attached hydrogen (secondary N) is 1. The molecule has 3 aromatic carbocycles. The molecule has 4 rings (SSSR count). The molecule has 0 aliphatic heterocycles. The van der Waals surface area contributed by atoms with Crippen molar-refractivity contribution in [1.82, 2.24) is 10.3 Å². The van der Waals surface area contributed by atoms with Crippen molar-refractivity contribution in [2.24, 2.45) is 0 Å². The van der Waals surface area contributed by atoms with Gasteiger partial charge in [0.25, 0.3) is 0 Å². The highest BCUT2D eigenvalue weighted by Crippen LogP contribution is 2.43. The van der Waals surface area contributed by atoms with Gasteiger partial charge in [0.15, 0.2) is 11.5 Å². The van der Waals surface area contributed by atoms with E-state index < -0.39 is 5.25 Å². The number of pyridine rings is 1. The van der Waals surface area contributed by atoms with Crippen LogP contribution in [-0.2, 0) is 4.79 Å². The molecule has 1 amide bonds. The van der Waals surface area contributed by atoms with Gasteiger partial charge >= 0.3 is 0 Å². The van der Waals surface area contributed by atoms with Crippen LogP contribution in [0.15, 0.2) is 90.0 Å². The molecule has 1 heterocycles. The van der Waals surface area contributed by atoms with Crippen LogP contribution in [0.25, 0.3) is 22.4 Å². The maximum atomic E-state index is 13.4.